The Labute approximate surface area is 132 Å². The van der Waals surface area contributed by atoms with E-state index in [1.54, 1.807) is 0 Å². The summed E-state index contributed by atoms with van der Waals surface area (Å²) < 4.78 is 0. The Hall–Kier alpha value is -2.13. The average Bonchev–Trinajstić information content (AvgIpc) is 2.50. The molecule has 2 aromatic carbocycles. The Morgan fingerprint density at radius 1 is 1.05 bits per heavy atom. The highest BCUT2D eigenvalue weighted by Gasteiger charge is 2.17. The van der Waals surface area contributed by atoms with Gasteiger partial charge in [0.2, 0.25) is 5.91 Å². The third kappa shape index (κ3) is 5.01. The lowest BCUT2D eigenvalue weighted by Crippen LogP contribution is -2.42. The number of aliphatic hydroxyl groups is 1. The molecular formula is C19H23NO2. The van der Waals surface area contributed by atoms with Gasteiger partial charge < -0.3 is 10.4 Å². The van der Waals surface area contributed by atoms with Crippen molar-refractivity contribution >= 4 is 5.91 Å². The SMILES string of the molecule is Cc1ccc(CC(=O)NC(C)C(O)Cc2ccccc2)cc1. The van der Waals surface area contributed by atoms with Gasteiger partial charge in [0.1, 0.15) is 0 Å². The van der Waals surface area contributed by atoms with E-state index in [-0.39, 0.29) is 11.9 Å². The van der Waals surface area contributed by atoms with Crippen molar-refractivity contribution in [2.75, 3.05) is 0 Å². The zero-order valence-corrected chi connectivity index (χ0v) is 13.1. The first kappa shape index (κ1) is 16.2. The lowest BCUT2D eigenvalue weighted by Gasteiger charge is -2.20. The minimum atomic E-state index is -0.593. The summed E-state index contributed by atoms with van der Waals surface area (Å²) in [5.41, 5.74) is 3.22. The number of rotatable bonds is 6. The third-order valence-corrected chi connectivity index (χ3v) is 3.74. The molecule has 22 heavy (non-hydrogen) atoms. The van der Waals surface area contributed by atoms with Gasteiger partial charge in [-0.2, -0.15) is 0 Å². The summed E-state index contributed by atoms with van der Waals surface area (Å²) in [5, 5.41) is 13.1. The van der Waals surface area contributed by atoms with Crippen molar-refractivity contribution in [3.05, 3.63) is 71.3 Å². The van der Waals surface area contributed by atoms with Crippen LogP contribution < -0.4 is 5.32 Å². The van der Waals surface area contributed by atoms with Crippen molar-refractivity contribution in [3.63, 3.8) is 0 Å². The van der Waals surface area contributed by atoms with Crippen LogP contribution in [0.15, 0.2) is 54.6 Å². The first-order chi connectivity index (χ1) is 10.5. The number of carbonyl (C=O) groups is 1. The molecule has 0 aliphatic rings. The fourth-order valence-electron chi connectivity index (χ4n) is 2.32. The third-order valence-electron chi connectivity index (χ3n) is 3.74. The number of benzene rings is 2. The van der Waals surface area contributed by atoms with Gasteiger partial charge in [0.15, 0.2) is 0 Å². The number of hydrogen-bond acceptors (Lipinski definition) is 2. The molecule has 2 atom stereocenters. The highest BCUT2D eigenvalue weighted by atomic mass is 16.3. The Balaban J connectivity index is 1.83. The lowest BCUT2D eigenvalue weighted by molar-refractivity contribution is -0.121. The van der Waals surface area contributed by atoms with Gasteiger partial charge in [-0.3, -0.25) is 4.79 Å². The standard InChI is InChI=1S/C19H23NO2/c1-14-8-10-17(11-9-14)13-19(22)20-15(2)18(21)12-16-6-4-3-5-7-16/h3-11,15,18,21H,12-13H2,1-2H3,(H,20,22). The maximum absolute atomic E-state index is 12.0. The van der Waals surface area contributed by atoms with E-state index in [1.165, 1.54) is 5.56 Å². The summed E-state index contributed by atoms with van der Waals surface area (Å²) in [4.78, 5) is 12.0. The summed E-state index contributed by atoms with van der Waals surface area (Å²) in [7, 11) is 0. The molecule has 0 saturated heterocycles. The van der Waals surface area contributed by atoms with E-state index in [0.717, 1.165) is 11.1 Å². The van der Waals surface area contributed by atoms with Gasteiger partial charge >= 0.3 is 0 Å². The van der Waals surface area contributed by atoms with E-state index in [0.29, 0.717) is 12.8 Å². The molecular weight excluding hydrogens is 274 g/mol. The fourth-order valence-corrected chi connectivity index (χ4v) is 2.32. The second kappa shape index (κ2) is 7.76. The van der Waals surface area contributed by atoms with Crippen molar-refractivity contribution in [2.45, 2.75) is 38.8 Å². The van der Waals surface area contributed by atoms with Gasteiger partial charge in [-0.1, -0.05) is 60.2 Å². The second-order valence-electron chi connectivity index (χ2n) is 5.78. The topological polar surface area (TPSA) is 49.3 Å². The van der Waals surface area contributed by atoms with Crippen molar-refractivity contribution < 1.29 is 9.90 Å². The zero-order valence-electron chi connectivity index (χ0n) is 13.1. The van der Waals surface area contributed by atoms with Crippen LogP contribution in [0.25, 0.3) is 0 Å². The van der Waals surface area contributed by atoms with Gasteiger partial charge in [-0.05, 0) is 25.0 Å². The molecule has 2 N–H and O–H groups in total. The second-order valence-corrected chi connectivity index (χ2v) is 5.78. The summed E-state index contributed by atoms with van der Waals surface area (Å²) >= 11 is 0. The van der Waals surface area contributed by atoms with E-state index in [9.17, 15) is 9.90 Å². The summed E-state index contributed by atoms with van der Waals surface area (Å²) in [6.45, 7) is 3.85. The number of nitrogens with one attached hydrogen (secondary N) is 1. The average molecular weight is 297 g/mol. The van der Waals surface area contributed by atoms with Crippen LogP contribution in [0, 0.1) is 6.92 Å². The van der Waals surface area contributed by atoms with E-state index in [2.05, 4.69) is 5.32 Å². The number of aliphatic hydroxyl groups excluding tert-OH is 1. The molecule has 0 aliphatic carbocycles. The molecule has 116 valence electrons. The van der Waals surface area contributed by atoms with Crippen LogP contribution in [-0.4, -0.2) is 23.2 Å². The van der Waals surface area contributed by atoms with Crippen LogP contribution in [0.2, 0.25) is 0 Å². The largest absolute Gasteiger partial charge is 0.391 e. The molecule has 2 rings (SSSR count). The number of amides is 1. The Kier molecular flexibility index (Phi) is 5.73. The van der Waals surface area contributed by atoms with Crippen molar-refractivity contribution in [1.82, 2.24) is 5.32 Å². The number of carbonyl (C=O) groups excluding carboxylic acids is 1. The van der Waals surface area contributed by atoms with Gasteiger partial charge in [0, 0.05) is 6.42 Å². The van der Waals surface area contributed by atoms with Crippen molar-refractivity contribution in [1.29, 1.82) is 0 Å². The maximum atomic E-state index is 12.0. The minimum Gasteiger partial charge on any atom is -0.391 e. The molecule has 0 spiro atoms. The summed E-state index contributed by atoms with van der Waals surface area (Å²) in [6.07, 6.45) is 0.277. The lowest BCUT2D eigenvalue weighted by atomic mass is 10.0. The van der Waals surface area contributed by atoms with Crippen molar-refractivity contribution in [2.24, 2.45) is 0 Å². The van der Waals surface area contributed by atoms with Crippen LogP contribution in [0.5, 0.6) is 0 Å². The zero-order chi connectivity index (χ0) is 15.9. The fraction of sp³-hybridized carbons (Fsp3) is 0.316. The summed E-state index contributed by atoms with van der Waals surface area (Å²) in [6, 6.07) is 17.4. The number of hydrogen-bond donors (Lipinski definition) is 2. The smallest absolute Gasteiger partial charge is 0.224 e. The van der Waals surface area contributed by atoms with Crippen LogP contribution in [-0.2, 0) is 17.6 Å². The first-order valence-corrected chi connectivity index (χ1v) is 7.61. The molecule has 2 aromatic rings. The predicted octanol–water partition coefficient (Wildman–Crippen LogP) is 2.65. The van der Waals surface area contributed by atoms with E-state index < -0.39 is 6.10 Å². The quantitative estimate of drug-likeness (QED) is 0.861. The molecule has 1 amide bonds. The first-order valence-electron chi connectivity index (χ1n) is 7.61. The van der Waals surface area contributed by atoms with Crippen LogP contribution in [0.4, 0.5) is 0 Å². The van der Waals surface area contributed by atoms with Gasteiger partial charge in [0.05, 0.1) is 18.6 Å². The van der Waals surface area contributed by atoms with Gasteiger partial charge in [-0.25, -0.2) is 0 Å². The van der Waals surface area contributed by atoms with Crippen LogP contribution >= 0.6 is 0 Å². The normalized spacial score (nSPS) is 13.4. The van der Waals surface area contributed by atoms with Crippen LogP contribution in [0.3, 0.4) is 0 Å². The van der Waals surface area contributed by atoms with Gasteiger partial charge in [-0.15, -0.1) is 0 Å². The molecule has 0 bridgehead atoms. The Bertz CT molecular complexity index is 593. The molecule has 3 heteroatoms. The summed E-state index contributed by atoms with van der Waals surface area (Å²) in [5.74, 6) is -0.0662. The van der Waals surface area contributed by atoms with E-state index in [4.69, 9.17) is 0 Å². The number of aryl methyl sites for hydroxylation is 1. The maximum Gasteiger partial charge on any atom is 0.224 e. The van der Waals surface area contributed by atoms with Gasteiger partial charge in [0.25, 0.3) is 0 Å². The van der Waals surface area contributed by atoms with Crippen molar-refractivity contribution in [3.8, 4) is 0 Å². The molecule has 3 nitrogen and oxygen atoms in total. The highest BCUT2D eigenvalue weighted by Crippen LogP contribution is 2.07. The Morgan fingerprint density at radius 2 is 1.68 bits per heavy atom. The molecule has 0 aliphatic heterocycles. The van der Waals surface area contributed by atoms with E-state index in [1.807, 2.05) is 68.4 Å². The van der Waals surface area contributed by atoms with Crippen LogP contribution in [0.1, 0.15) is 23.6 Å². The van der Waals surface area contributed by atoms with E-state index >= 15 is 0 Å². The molecule has 0 aromatic heterocycles. The monoisotopic (exact) mass is 297 g/mol. The molecule has 0 fully saturated rings. The molecule has 2 unspecified atom stereocenters. The molecule has 0 radical (unpaired) electrons. The minimum absolute atomic E-state index is 0.0662. The molecule has 0 heterocycles. The highest BCUT2D eigenvalue weighted by molar-refractivity contribution is 5.78. The predicted molar refractivity (Wildman–Crippen MR) is 88.6 cm³/mol. The molecule has 0 saturated carbocycles. The Morgan fingerprint density at radius 3 is 2.32 bits per heavy atom.